The van der Waals surface area contributed by atoms with Gasteiger partial charge in [-0.3, -0.25) is 5.41 Å². The molecule has 0 fully saturated rings. The highest BCUT2D eigenvalue weighted by Gasteiger charge is 2.05. The van der Waals surface area contributed by atoms with Crippen LogP contribution >= 0.6 is 12.4 Å². The molecule has 2 aromatic rings. The molecule has 0 heterocycles. The standard InChI is InChI=1S/C15H15N3O2.ClH/c16-14(17)12-3-1-2-4-13(12)18-9-10-5-7-11(8-6-10)15(19)20;/h1-8,18H,9H2,(H3,16,17)(H,19,20);1H. The van der Waals surface area contributed by atoms with Gasteiger partial charge in [-0.1, -0.05) is 24.3 Å². The minimum absolute atomic E-state index is 0. The van der Waals surface area contributed by atoms with Crippen molar-refractivity contribution in [1.82, 2.24) is 0 Å². The van der Waals surface area contributed by atoms with E-state index in [0.29, 0.717) is 12.1 Å². The third kappa shape index (κ3) is 4.22. The van der Waals surface area contributed by atoms with E-state index in [9.17, 15) is 4.79 Å². The first-order valence-electron chi connectivity index (χ1n) is 6.07. The largest absolute Gasteiger partial charge is 0.478 e. The molecule has 0 spiro atoms. The monoisotopic (exact) mass is 305 g/mol. The maximum Gasteiger partial charge on any atom is 0.335 e. The Morgan fingerprint density at radius 1 is 1.14 bits per heavy atom. The maximum atomic E-state index is 10.8. The van der Waals surface area contributed by atoms with Crippen molar-refractivity contribution in [3.63, 3.8) is 0 Å². The average Bonchev–Trinajstić information content (AvgIpc) is 2.45. The molecule has 0 saturated carbocycles. The van der Waals surface area contributed by atoms with Crippen LogP contribution in [0.5, 0.6) is 0 Å². The number of benzene rings is 2. The van der Waals surface area contributed by atoms with Crippen molar-refractivity contribution in [2.45, 2.75) is 6.54 Å². The number of carboxylic acids is 1. The molecule has 6 heteroatoms. The van der Waals surface area contributed by atoms with Crippen LogP contribution in [0.15, 0.2) is 48.5 Å². The minimum Gasteiger partial charge on any atom is -0.478 e. The Labute approximate surface area is 128 Å². The van der Waals surface area contributed by atoms with Crippen LogP contribution in [0, 0.1) is 5.41 Å². The lowest BCUT2D eigenvalue weighted by Gasteiger charge is -2.11. The zero-order valence-corrected chi connectivity index (χ0v) is 12.0. The van der Waals surface area contributed by atoms with E-state index in [1.54, 1.807) is 30.3 Å². The molecular formula is C15H16ClN3O2. The van der Waals surface area contributed by atoms with Gasteiger partial charge < -0.3 is 16.2 Å². The molecule has 5 N–H and O–H groups in total. The number of hydrogen-bond donors (Lipinski definition) is 4. The molecule has 0 aliphatic heterocycles. The number of carboxylic acid groups (broad SMARTS) is 1. The molecule has 5 nitrogen and oxygen atoms in total. The lowest BCUT2D eigenvalue weighted by atomic mass is 10.1. The van der Waals surface area contributed by atoms with Crippen molar-refractivity contribution in [1.29, 1.82) is 5.41 Å². The molecule has 0 amide bonds. The molecule has 2 rings (SSSR count). The Morgan fingerprint density at radius 2 is 1.76 bits per heavy atom. The number of nitrogen functional groups attached to an aromatic ring is 1. The van der Waals surface area contributed by atoms with E-state index in [0.717, 1.165) is 11.3 Å². The molecule has 2 aromatic carbocycles. The van der Waals surface area contributed by atoms with Crippen LogP contribution < -0.4 is 11.1 Å². The van der Waals surface area contributed by atoms with E-state index in [1.165, 1.54) is 0 Å². The summed E-state index contributed by atoms with van der Waals surface area (Å²) in [6.45, 7) is 0.532. The lowest BCUT2D eigenvalue weighted by Crippen LogP contribution is -2.14. The lowest BCUT2D eigenvalue weighted by molar-refractivity contribution is 0.0697. The highest BCUT2D eigenvalue weighted by molar-refractivity contribution is 6.00. The number of anilines is 1. The minimum atomic E-state index is -0.938. The summed E-state index contributed by atoms with van der Waals surface area (Å²) < 4.78 is 0. The molecule has 0 unspecified atom stereocenters. The molecule has 0 aliphatic rings. The zero-order valence-electron chi connectivity index (χ0n) is 11.2. The van der Waals surface area contributed by atoms with Crippen molar-refractivity contribution >= 4 is 29.9 Å². The Morgan fingerprint density at radius 3 is 2.33 bits per heavy atom. The first kappa shape index (κ1) is 16.5. The molecule has 0 aromatic heterocycles. The van der Waals surface area contributed by atoms with Gasteiger partial charge in [-0.15, -0.1) is 12.4 Å². The van der Waals surface area contributed by atoms with Crippen LogP contribution in [0.1, 0.15) is 21.5 Å². The van der Waals surface area contributed by atoms with Crippen LogP contribution in [-0.4, -0.2) is 16.9 Å². The average molecular weight is 306 g/mol. The summed E-state index contributed by atoms with van der Waals surface area (Å²) in [7, 11) is 0. The summed E-state index contributed by atoms with van der Waals surface area (Å²) in [5, 5.41) is 19.5. The van der Waals surface area contributed by atoms with Gasteiger partial charge in [0.05, 0.1) is 5.56 Å². The number of aromatic carboxylic acids is 1. The van der Waals surface area contributed by atoms with Crippen LogP contribution in [0.25, 0.3) is 0 Å². The Hall–Kier alpha value is -2.53. The third-order valence-electron chi connectivity index (χ3n) is 2.90. The van der Waals surface area contributed by atoms with Gasteiger partial charge in [0.15, 0.2) is 0 Å². The normalized spacial score (nSPS) is 9.52. The molecule has 0 saturated heterocycles. The Balaban J connectivity index is 0.00000220. The Bertz CT molecular complexity index is 642. The topological polar surface area (TPSA) is 99.2 Å². The van der Waals surface area contributed by atoms with Crippen LogP contribution in [0.2, 0.25) is 0 Å². The van der Waals surface area contributed by atoms with E-state index in [4.69, 9.17) is 16.2 Å². The van der Waals surface area contributed by atoms with Gasteiger partial charge in [0.2, 0.25) is 0 Å². The second-order valence-electron chi connectivity index (χ2n) is 4.31. The van der Waals surface area contributed by atoms with Crippen LogP contribution in [0.3, 0.4) is 0 Å². The number of halogens is 1. The molecule has 0 bridgehead atoms. The maximum absolute atomic E-state index is 10.8. The number of carbonyl (C=O) groups is 1. The summed E-state index contributed by atoms with van der Waals surface area (Å²) in [6.07, 6.45) is 0. The summed E-state index contributed by atoms with van der Waals surface area (Å²) in [5.74, 6) is -0.930. The predicted octanol–water partition coefficient (Wildman–Crippen LogP) is 2.70. The quantitative estimate of drug-likeness (QED) is 0.504. The van der Waals surface area contributed by atoms with E-state index < -0.39 is 5.97 Å². The van der Waals surface area contributed by atoms with Crippen LogP contribution in [0.4, 0.5) is 5.69 Å². The molecule has 0 aliphatic carbocycles. The van der Waals surface area contributed by atoms with E-state index in [2.05, 4.69) is 5.32 Å². The fraction of sp³-hybridized carbons (Fsp3) is 0.0667. The fourth-order valence-electron chi connectivity index (χ4n) is 1.83. The summed E-state index contributed by atoms with van der Waals surface area (Å²) in [5.41, 5.74) is 8.16. The molecule has 110 valence electrons. The number of nitrogens with two attached hydrogens (primary N) is 1. The van der Waals surface area contributed by atoms with Gasteiger partial charge in [-0.25, -0.2) is 4.79 Å². The van der Waals surface area contributed by atoms with Crippen molar-refractivity contribution in [3.8, 4) is 0 Å². The first-order chi connectivity index (χ1) is 9.58. The predicted molar refractivity (Wildman–Crippen MR) is 85.4 cm³/mol. The van der Waals surface area contributed by atoms with Gasteiger partial charge in [0.25, 0.3) is 0 Å². The van der Waals surface area contributed by atoms with Gasteiger partial charge in [0.1, 0.15) is 5.84 Å². The summed E-state index contributed by atoms with van der Waals surface area (Å²) in [6, 6.07) is 14.0. The van der Waals surface area contributed by atoms with Crippen molar-refractivity contribution in [3.05, 3.63) is 65.2 Å². The van der Waals surface area contributed by atoms with Crippen molar-refractivity contribution < 1.29 is 9.90 Å². The van der Waals surface area contributed by atoms with Crippen molar-refractivity contribution in [2.75, 3.05) is 5.32 Å². The highest BCUT2D eigenvalue weighted by atomic mass is 35.5. The Kier molecular flexibility index (Phi) is 5.75. The van der Waals surface area contributed by atoms with Crippen molar-refractivity contribution in [2.24, 2.45) is 5.73 Å². The van der Waals surface area contributed by atoms with Gasteiger partial charge in [0, 0.05) is 17.8 Å². The SMILES string of the molecule is Cl.N=C(N)c1ccccc1NCc1ccc(C(=O)O)cc1. The highest BCUT2D eigenvalue weighted by Crippen LogP contribution is 2.15. The number of rotatable bonds is 5. The zero-order chi connectivity index (χ0) is 14.5. The number of nitrogens with one attached hydrogen (secondary N) is 2. The second kappa shape index (κ2) is 7.31. The fourth-order valence-corrected chi connectivity index (χ4v) is 1.83. The van der Waals surface area contributed by atoms with Crippen LogP contribution in [-0.2, 0) is 6.54 Å². The molecule has 21 heavy (non-hydrogen) atoms. The van der Waals surface area contributed by atoms with E-state index in [1.807, 2.05) is 18.2 Å². The summed E-state index contributed by atoms with van der Waals surface area (Å²) >= 11 is 0. The first-order valence-corrected chi connectivity index (χ1v) is 6.07. The molecular weight excluding hydrogens is 290 g/mol. The molecule has 0 radical (unpaired) electrons. The van der Waals surface area contributed by atoms with E-state index >= 15 is 0 Å². The summed E-state index contributed by atoms with van der Waals surface area (Å²) in [4.78, 5) is 10.8. The van der Waals surface area contributed by atoms with Gasteiger partial charge in [-0.05, 0) is 29.8 Å². The third-order valence-corrected chi connectivity index (χ3v) is 2.90. The second-order valence-corrected chi connectivity index (χ2v) is 4.31. The molecule has 0 atom stereocenters. The smallest absolute Gasteiger partial charge is 0.335 e. The van der Waals surface area contributed by atoms with E-state index in [-0.39, 0.29) is 23.8 Å². The number of para-hydroxylation sites is 1. The van der Waals surface area contributed by atoms with Gasteiger partial charge in [-0.2, -0.15) is 0 Å². The number of amidine groups is 1. The number of hydrogen-bond acceptors (Lipinski definition) is 3. The van der Waals surface area contributed by atoms with Gasteiger partial charge >= 0.3 is 5.97 Å².